The molecule has 3 rings (SSSR count). The van der Waals surface area contributed by atoms with Crippen molar-refractivity contribution in [3.63, 3.8) is 0 Å². The van der Waals surface area contributed by atoms with Gasteiger partial charge in [-0.15, -0.1) is 0 Å². The Morgan fingerprint density at radius 1 is 0.848 bits per heavy atom. The van der Waals surface area contributed by atoms with Crippen molar-refractivity contribution in [3.05, 3.63) is 102 Å². The minimum atomic E-state index is -3.81. The number of hydrogen-bond donors (Lipinski definition) is 2. The number of nitrogens with zero attached hydrogens (tertiary/aromatic N) is 1. The Morgan fingerprint density at radius 3 is 2.00 bits per heavy atom. The maximum absolute atomic E-state index is 12.6. The number of benzene rings is 3. The van der Waals surface area contributed by atoms with Crippen LogP contribution >= 0.6 is 12.2 Å². The zero-order valence-electron chi connectivity index (χ0n) is 19.3. The van der Waals surface area contributed by atoms with E-state index >= 15 is 0 Å². The molecule has 3 aromatic carbocycles. The molecule has 0 aliphatic heterocycles. The van der Waals surface area contributed by atoms with Gasteiger partial charge in [0.25, 0.3) is 0 Å². The van der Waals surface area contributed by atoms with E-state index in [2.05, 4.69) is 54.5 Å². The summed E-state index contributed by atoms with van der Waals surface area (Å²) >= 11 is 5.53. The second-order valence-electron chi connectivity index (χ2n) is 8.91. The lowest BCUT2D eigenvalue weighted by Crippen LogP contribution is -2.47. The Bertz CT molecular complexity index is 1140. The highest BCUT2D eigenvalue weighted by atomic mass is 32.2. The van der Waals surface area contributed by atoms with E-state index in [1.165, 1.54) is 5.56 Å². The van der Waals surface area contributed by atoms with Crippen molar-refractivity contribution in [2.75, 3.05) is 11.4 Å². The first-order valence-electron chi connectivity index (χ1n) is 10.9. The van der Waals surface area contributed by atoms with Crippen molar-refractivity contribution < 1.29 is 8.42 Å². The van der Waals surface area contributed by atoms with Crippen LogP contribution in [0.1, 0.15) is 37.5 Å². The minimum absolute atomic E-state index is 0.0635. The molecule has 0 saturated heterocycles. The maximum Gasteiger partial charge on any atom is 0.300 e. The standard InChI is InChI=1S/C26H31N3O2S2/c1-26(2,3)23-16-14-22(15-17-23)20-29(24-12-8-5-9-13-24)25(32)28-33(30,31)27-19-18-21-10-6-4-7-11-21/h4-17,27H,18-20H2,1-3H3,(H,28,32). The molecule has 0 atom stereocenters. The van der Waals surface area contributed by atoms with Gasteiger partial charge in [0.15, 0.2) is 5.11 Å². The van der Waals surface area contributed by atoms with Gasteiger partial charge in [-0.25, -0.2) is 4.72 Å². The van der Waals surface area contributed by atoms with Gasteiger partial charge in [0, 0.05) is 12.2 Å². The zero-order chi connectivity index (χ0) is 23.9. The summed E-state index contributed by atoms with van der Waals surface area (Å²) in [6, 6.07) is 27.6. The Labute approximate surface area is 203 Å². The topological polar surface area (TPSA) is 61.4 Å². The van der Waals surface area contributed by atoms with E-state index in [0.717, 1.165) is 16.8 Å². The average Bonchev–Trinajstić information content (AvgIpc) is 2.78. The molecule has 0 aliphatic rings. The molecule has 3 aromatic rings. The van der Waals surface area contributed by atoms with E-state index in [9.17, 15) is 8.42 Å². The maximum atomic E-state index is 12.6. The van der Waals surface area contributed by atoms with Crippen molar-refractivity contribution >= 4 is 33.2 Å². The van der Waals surface area contributed by atoms with Gasteiger partial charge in [-0.2, -0.15) is 13.1 Å². The lowest BCUT2D eigenvalue weighted by atomic mass is 9.87. The highest BCUT2D eigenvalue weighted by molar-refractivity contribution is 7.90. The molecule has 0 unspecified atom stereocenters. The molecule has 7 heteroatoms. The third-order valence-electron chi connectivity index (χ3n) is 5.24. The fraction of sp³-hybridized carbons (Fsp3) is 0.269. The second-order valence-corrected chi connectivity index (χ2v) is 10.8. The molecule has 0 spiro atoms. The summed E-state index contributed by atoms with van der Waals surface area (Å²) < 4.78 is 30.4. The molecule has 0 aromatic heterocycles. The Morgan fingerprint density at radius 2 is 1.42 bits per heavy atom. The number of hydrogen-bond acceptors (Lipinski definition) is 3. The number of anilines is 1. The smallest absolute Gasteiger partial charge is 0.300 e. The SMILES string of the molecule is CC(C)(C)c1ccc(CN(C(=S)NS(=O)(=O)NCCc2ccccc2)c2ccccc2)cc1. The molecule has 0 fully saturated rings. The van der Waals surface area contributed by atoms with Crippen LogP contribution < -0.4 is 14.3 Å². The van der Waals surface area contributed by atoms with Crippen LogP contribution in [-0.2, 0) is 28.6 Å². The van der Waals surface area contributed by atoms with Crippen molar-refractivity contribution in [3.8, 4) is 0 Å². The fourth-order valence-electron chi connectivity index (χ4n) is 3.36. The number of thiocarbonyl (C=S) groups is 1. The molecular formula is C26H31N3O2S2. The summed E-state index contributed by atoms with van der Waals surface area (Å²) in [7, 11) is -3.81. The van der Waals surface area contributed by atoms with Crippen molar-refractivity contribution in [2.24, 2.45) is 0 Å². The lowest BCUT2D eigenvalue weighted by Gasteiger charge is -2.26. The molecular weight excluding hydrogens is 450 g/mol. The van der Waals surface area contributed by atoms with E-state index in [0.29, 0.717) is 13.0 Å². The molecule has 0 saturated carbocycles. The van der Waals surface area contributed by atoms with Crippen LogP contribution in [0.15, 0.2) is 84.9 Å². The molecule has 0 radical (unpaired) electrons. The monoisotopic (exact) mass is 481 g/mol. The molecule has 0 aliphatic carbocycles. The van der Waals surface area contributed by atoms with E-state index in [1.807, 2.05) is 60.7 Å². The summed E-state index contributed by atoms with van der Waals surface area (Å²) in [5.74, 6) is 0. The predicted octanol–water partition coefficient (Wildman–Crippen LogP) is 4.94. The normalized spacial score (nSPS) is 11.7. The van der Waals surface area contributed by atoms with Gasteiger partial charge in [-0.05, 0) is 52.9 Å². The highest BCUT2D eigenvalue weighted by Gasteiger charge is 2.19. The predicted molar refractivity (Wildman–Crippen MR) is 141 cm³/mol. The van der Waals surface area contributed by atoms with Gasteiger partial charge in [-0.1, -0.05) is 93.6 Å². The Kier molecular flexibility index (Phi) is 8.24. The van der Waals surface area contributed by atoms with Gasteiger partial charge < -0.3 is 4.90 Å². The number of nitrogens with one attached hydrogen (secondary N) is 2. The van der Waals surface area contributed by atoms with E-state index < -0.39 is 10.2 Å². The third kappa shape index (κ3) is 7.67. The second kappa shape index (κ2) is 10.9. The fourth-order valence-corrected chi connectivity index (χ4v) is 4.64. The molecule has 0 heterocycles. The summed E-state index contributed by atoms with van der Waals surface area (Å²) in [4.78, 5) is 1.79. The quantitative estimate of drug-likeness (QED) is 0.447. The third-order valence-corrected chi connectivity index (χ3v) is 6.74. The summed E-state index contributed by atoms with van der Waals surface area (Å²) in [6.45, 7) is 7.24. The van der Waals surface area contributed by atoms with E-state index in [-0.39, 0.29) is 17.1 Å². The molecule has 0 bridgehead atoms. The van der Waals surface area contributed by atoms with Crippen LogP contribution in [0.4, 0.5) is 5.69 Å². The summed E-state index contributed by atoms with van der Waals surface area (Å²) in [5.41, 5.74) is 4.21. The van der Waals surface area contributed by atoms with E-state index in [4.69, 9.17) is 12.2 Å². The average molecular weight is 482 g/mol. The minimum Gasteiger partial charge on any atom is -0.314 e. The highest BCUT2D eigenvalue weighted by Crippen LogP contribution is 2.23. The van der Waals surface area contributed by atoms with Gasteiger partial charge in [0.2, 0.25) is 0 Å². The summed E-state index contributed by atoms with van der Waals surface area (Å²) in [6.07, 6.45) is 0.594. The van der Waals surface area contributed by atoms with Crippen LogP contribution in [0.5, 0.6) is 0 Å². The van der Waals surface area contributed by atoms with Gasteiger partial charge in [0.05, 0.1) is 6.54 Å². The van der Waals surface area contributed by atoms with Crippen molar-refractivity contribution in [2.45, 2.75) is 39.2 Å². The first-order chi connectivity index (χ1) is 15.6. The zero-order valence-corrected chi connectivity index (χ0v) is 20.9. The van der Waals surface area contributed by atoms with Crippen LogP contribution in [0.3, 0.4) is 0 Å². The van der Waals surface area contributed by atoms with Crippen molar-refractivity contribution in [1.29, 1.82) is 0 Å². The van der Waals surface area contributed by atoms with Crippen LogP contribution in [0, 0.1) is 0 Å². The van der Waals surface area contributed by atoms with Crippen LogP contribution in [0.25, 0.3) is 0 Å². The van der Waals surface area contributed by atoms with E-state index in [1.54, 1.807) is 4.90 Å². The molecule has 5 nitrogen and oxygen atoms in total. The lowest BCUT2D eigenvalue weighted by molar-refractivity contribution is 0.577. The van der Waals surface area contributed by atoms with Gasteiger partial charge in [0.1, 0.15) is 0 Å². The Hall–Kier alpha value is -2.74. The molecule has 0 amide bonds. The van der Waals surface area contributed by atoms with Crippen molar-refractivity contribution in [1.82, 2.24) is 9.44 Å². The van der Waals surface area contributed by atoms with Gasteiger partial charge in [-0.3, -0.25) is 0 Å². The number of para-hydroxylation sites is 1. The molecule has 174 valence electrons. The number of rotatable bonds is 8. The van der Waals surface area contributed by atoms with Crippen LogP contribution in [-0.4, -0.2) is 20.1 Å². The Balaban J connectivity index is 1.70. The first-order valence-corrected chi connectivity index (χ1v) is 12.8. The largest absolute Gasteiger partial charge is 0.314 e. The molecule has 2 N–H and O–H groups in total. The van der Waals surface area contributed by atoms with Crippen LogP contribution in [0.2, 0.25) is 0 Å². The summed E-state index contributed by atoms with van der Waals surface area (Å²) in [5, 5.41) is 0.119. The van der Waals surface area contributed by atoms with Gasteiger partial charge >= 0.3 is 10.2 Å². The first kappa shape index (κ1) is 24.9. The molecule has 33 heavy (non-hydrogen) atoms.